The summed E-state index contributed by atoms with van der Waals surface area (Å²) in [6.07, 6.45) is 2.34. The van der Waals surface area contributed by atoms with Crippen molar-refractivity contribution in [3.05, 3.63) is 91.4 Å². The molecule has 1 aliphatic rings. The minimum Gasteiger partial charge on any atom is -0.424 e. The summed E-state index contributed by atoms with van der Waals surface area (Å²) in [5.41, 5.74) is 5.70. The van der Waals surface area contributed by atoms with Crippen molar-refractivity contribution in [1.29, 1.82) is 0 Å². The summed E-state index contributed by atoms with van der Waals surface area (Å²) in [5.74, 6) is 1.08. The monoisotopic (exact) mass is 390 g/mol. The van der Waals surface area contributed by atoms with Crippen molar-refractivity contribution in [2.45, 2.75) is 51.6 Å². The predicted octanol–water partition coefficient (Wildman–Crippen LogP) is 4.75. The topological polar surface area (TPSA) is 97.8 Å². The Hall–Kier alpha value is -3.22. The van der Waals surface area contributed by atoms with Gasteiger partial charge in [-0.3, -0.25) is 0 Å². The molecule has 0 bridgehead atoms. The first-order valence-corrected chi connectivity index (χ1v) is 9.75. The Morgan fingerprint density at radius 2 is 1.48 bits per heavy atom. The molecule has 7 heteroatoms. The fourth-order valence-electron chi connectivity index (χ4n) is 4.53. The Morgan fingerprint density at radius 3 is 1.90 bits per heavy atom. The third kappa shape index (κ3) is 3.16. The molecule has 1 aromatic heterocycles. The summed E-state index contributed by atoms with van der Waals surface area (Å²) >= 11 is 0. The molecule has 0 aliphatic heterocycles. The second kappa shape index (κ2) is 7.66. The highest BCUT2D eigenvalue weighted by Gasteiger charge is 2.44. The molecule has 0 radical (unpaired) electrons. The zero-order valence-corrected chi connectivity index (χ0v) is 16.5. The Morgan fingerprint density at radius 1 is 0.931 bits per heavy atom. The molecule has 0 fully saturated rings. The minimum absolute atomic E-state index is 0.147. The lowest BCUT2D eigenvalue weighted by atomic mass is 9.70. The van der Waals surface area contributed by atoms with Crippen molar-refractivity contribution in [1.82, 2.24) is 10.2 Å². The van der Waals surface area contributed by atoms with Gasteiger partial charge in [-0.2, -0.15) is 9.81 Å². The molecule has 2 aromatic carbocycles. The summed E-state index contributed by atoms with van der Waals surface area (Å²) in [5, 5.41) is 14.6. The van der Waals surface area contributed by atoms with Gasteiger partial charge in [0.25, 0.3) is 0 Å². The van der Waals surface area contributed by atoms with Gasteiger partial charge in [0.2, 0.25) is 11.8 Å². The van der Waals surface area contributed by atoms with Crippen LogP contribution in [0.5, 0.6) is 0 Å². The lowest BCUT2D eigenvalue weighted by molar-refractivity contribution is 0.389. The number of nitrogens with zero attached hydrogens (tertiary/aromatic N) is 4. The van der Waals surface area contributed by atoms with E-state index in [1.165, 1.54) is 0 Å². The highest BCUT2D eigenvalue weighted by atomic mass is 16.4. The molecule has 1 heterocycles. The average Bonchev–Trinajstić information content (AvgIpc) is 3.10. The number of hydrogen-bond donors (Lipinski definition) is 0. The van der Waals surface area contributed by atoms with Crippen LogP contribution in [0.25, 0.3) is 0 Å². The standard InChI is InChI=1S/C22H22N4O3/c1-3-22(21-26-25-14(2)29-21)19-8-4-15(12-23-27)10-17(19)6-7-18-11-16(13-24-28)5-9-20(18)22/h4-5,8-11H,3,6-7,12-13H2,1-2H3. The number of benzene rings is 2. The number of nitroso groups, excluding NO2 is 2. The van der Waals surface area contributed by atoms with E-state index in [1.807, 2.05) is 12.1 Å². The quantitative estimate of drug-likeness (QED) is 0.566. The zero-order valence-electron chi connectivity index (χ0n) is 16.5. The van der Waals surface area contributed by atoms with Gasteiger partial charge in [0.05, 0.1) is 5.41 Å². The van der Waals surface area contributed by atoms with Gasteiger partial charge in [0.15, 0.2) is 0 Å². The molecule has 29 heavy (non-hydrogen) atoms. The van der Waals surface area contributed by atoms with Gasteiger partial charge in [-0.1, -0.05) is 53.7 Å². The van der Waals surface area contributed by atoms with E-state index in [0.29, 0.717) is 11.8 Å². The van der Waals surface area contributed by atoms with Crippen LogP contribution in [0.3, 0.4) is 0 Å². The Kier molecular flexibility index (Phi) is 5.05. The fraction of sp³-hybridized carbons (Fsp3) is 0.364. The van der Waals surface area contributed by atoms with Gasteiger partial charge in [0.1, 0.15) is 13.1 Å². The van der Waals surface area contributed by atoms with E-state index in [4.69, 9.17) is 4.42 Å². The van der Waals surface area contributed by atoms with Gasteiger partial charge in [-0.25, -0.2) is 0 Å². The Bertz CT molecular complexity index is 1010. The first-order valence-electron chi connectivity index (χ1n) is 9.75. The highest BCUT2D eigenvalue weighted by Crippen LogP contribution is 2.47. The third-order valence-electron chi connectivity index (χ3n) is 5.84. The molecule has 1 aliphatic carbocycles. The van der Waals surface area contributed by atoms with Crippen LogP contribution < -0.4 is 0 Å². The summed E-state index contributed by atoms with van der Waals surface area (Å²) in [4.78, 5) is 21.6. The second-order valence-electron chi connectivity index (χ2n) is 7.44. The molecule has 0 amide bonds. The van der Waals surface area contributed by atoms with Crippen LogP contribution in [-0.2, 0) is 31.3 Å². The van der Waals surface area contributed by atoms with Crippen LogP contribution in [0.4, 0.5) is 0 Å². The van der Waals surface area contributed by atoms with Crippen LogP contribution in [-0.4, -0.2) is 10.2 Å². The highest BCUT2D eigenvalue weighted by molar-refractivity contribution is 5.55. The van der Waals surface area contributed by atoms with Gasteiger partial charge in [0, 0.05) is 6.92 Å². The molecule has 3 aromatic rings. The maximum absolute atomic E-state index is 10.8. The van der Waals surface area contributed by atoms with E-state index in [0.717, 1.165) is 52.6 Å². The summed E-state index contributed by atoms with van der Waals surface area (Å²) in [6, 6.07) is 12.1. The van der Waals surface area contributed by atoms with E-state index in [2.05, 4.69) is 51.7 Å². The SMILES string of the molecule is CCC1(c2nnc(C)o2)c2ccc(CN=O)cc2CCc2cc(CN=O)ccc21. The molecule has 7 nitrogen and oxygen atoms in total. The molecular weight excluding hydrogens is 368 g/mol. The molecule has 0 saturated heterocycles. The predicted molar refractivity (Wildman–Crippen MR) is 108 cm³/mol. The molecule has 0 N–H and O–H groups in total. The maximum atomic E-state index is 10.8. The molecular formula is C22H22N4O3. The van der Waals surface area contributed by atoms with E-state index < -0.39 is 5.41 Å². The van der Waals surface area contributed by atoms with Gasteiger partial charge >= 0.3 is 0 Å². The van der Waals surface area contributed by atoms with Crippen molar-refractivity contribution in [2.75, 3.05) is 0 Å². The first kappa shape index (κ1) is 19.1. The van der Waals surface area contributed by atoms with Gasteiger partial charge < -0.3 is 4.42 Å². The molecule has 4 rings (SSSR count). The van der Waals surface area contributed by atoms with Crippen LogP contribution in [0.1, 0.15) is 58.5 Å². The van der Waals surface area contributed by atoms with Crippen LogP contribution >= 0.6 is 0 Å². The average molecular weight is 390 g/mol. The van der Waals surface area contributed by atoms with Crippen molar-refractivity contribution >= 4 is 0 Å². The lowest BCUT2D eigenvalue weighted by Gasteiger charge is -2.32. The van der Waals surface area contributed by atoms with Gasteiger partial charge in [-0.15, -0.1) is 10.2 Å². The normalized spacial score (nSPS) is 14.6. The molecule has 0 spiro atoms. The minimum atomic E-state index is -0.595. The van der Waals surface area contributed by atoms with Crippen molar-refractivity contribution in [3.8, 4) is 0 Å². The molecule has 0 unspecified atom stereocenters. The maximum Gasteiger partial charge on any atom is 0.231 e. The van der Waals surface area contributed by atoms with E-state index in [9.17, 15) is 9.81 Å². The largest absolute Gasteiger partial charge is 0.424 e. The van der Waals surface area contributed by atoms with Crippen LogP contribution in [0, 0.1) is 16.7 Å². The van der Waals surface area contributed by atoms with E-state index in [-0.39, 0.29) is 13.1 Å². The summed E-state index contributed by atoms with van der Waals surface area (Å²) < 4.78 is 5.98. The molecule has 0 atom stereocenters. The van der Waals surface area contributed by atoms with Crippen molar-refractivity contribution in [2.24, 2.45) is 10.4 Å². The zero-order chi connectivity index (χ0) is 20.4. The van der Waals surface area contributed by atoms with E-state index >= 15 is 0 Å². The molecule has 0 saturated carbocycles. The number of aromatic nitrogens is 2. The number of fused-ring (bicyclic) bond motifs is 2. The summed E-state index contributed by atoms with van der Waals surface area (Å²) in [7, 11) is 0. The Balaban J connectivity index is 2.00. The van der Waals surface area contributed by atoms with Crippen LogP contribution in [0.15, 0.2) is 51.2 Å². The molecule has 148 valence electrons. The van der Waals surface area contributed by atoms with Crippen molar-refractivity contribution in [3.63, 3.8) is 0 Å². The van der Waals surface area contributed by atoms with E-state index in [1.54, 1.807) is 6.92 Å². The van der Waals surface area contributed by atoms with Crippen LogP contribution in [0.2, 0.25) is 0 Å². The lowest BCUT2D eigenvalue weighted by Crippen LogP contribution is -2.30. The fourth-order valence-corrected chi connectivity index (χ4v) is 4.53. The number of hydrogen-bond acceptors (Lipinski definition) is 7. The van der Waals surface area contributed by atoms with Crippen molar-refractivity contribution < 1.29 is 4.42 Å². The Labute approximate surface area is 168 Å². The summed E-state index contributed by atoms with van der Waals surface area (Å²) in [6.45, 7) is 4.19. The number of aryl methyl sites for hydroxylation is 3. The number of rotatable bonds is 6. The third-order valence-corrected chi connectivity index (χ3v) is 5.84. The smallest absolute Gasteiger partial charge is 0.231 e. The first-order chi connectivity index (χ1) is 14.1. The second-order valence-corrected chi connectivity index (χ2v) is 7.44. The van der Waals surface area contributed by atoms with Gasteiger partial charge in [-0.05, 0) is 52.6 Å².